The van der Waals surface area contributed by atoms with Crippen molar-refractivity contribution in [2.75, 3.05) is 5.32 Å². The first kappa shape index (κ1) is 22.5. The Bertz CT molecular complexity index is 1490. The van der Waals surface area contributed by atoms with Crippen molar-refractivity contribution in [3.63, 3.8) is 0 Å². The summed E-state index contributed by atoms with van der Waals surface area (Å²) in [4.78, 5) is 44.4. The minimum atomic E-state index is -1.20. The lowest BCUT2D eigenvalue weighted by molar-refractivity contribution is -0.148. The zero-order chi connectivity index (χ0) is 25.0. The summed E-state index contributed by atoms with van der Waals surface area (Å²) < 4.78 is 5.50. The van der Waals surface area contributed by atoms with Crippen LogP contribution in [0.15, 0.2) is 35.0 Å². The molecule has 2 atom stereocenters. The standard InChI is InChI=1S/C24H21ClN6O5/c25-16-9-27-22-20(29-16)12(8-26-22)21-28-13(14-5-6-15(36-14)23(32)33)7-17(31-21)30-19-11-3-1-10(2-4-11)18(19)24(34)35/h5-11,18-19H,1-4H2,(H,26,27)(H,32,33)(H,34,35)(H,28,30,31)/t10?,11?,18-,19-/m0/s1. The second kappa shape index (κ2) is 8.59. The molecule has 3 aliphatic rings. The van der Waals surface area contributed by atoms with Crippen molar-refractivity contribution >= 4 is 40.5 Å². The summed E-state index contributed by atoms with van der Waals surface area (Å²) in [5.74, 6) is -1.47. The number of halogens is 1. The molecule has 4 aromatic heterocycles. The number of nitrogens with zero attached hydrogens (tertiary/aromatic N) is 4. The summed E-state index contributed by atoms with van der Waals surface area (Å²) in [6.45, 7) is 0. The number of H-pyrrole nitrogens is 1. The van der Waals surface area contributed by atoms with Gasteiger partial charge in [0, 0.05) is 18.3 Å². The maximum Gasteiger partial charge on any atom is 0.371 e. The Hall–Kier alpha value is -3.99. The Labute approximate surface area is 209 Å². The third-order valence-electron chi connectivity index (χ3n) is 7.21. The number of anilines is 1. The lowest BCUT2D eigenvalue weighted by atomic mass is 9.61. The van der Waals surface area contributed by atoms with E-state index >= 15 is 0 Å². The number of aromatic amines is 1. The summed E-state index contributed by atoms with van der Waals surface area (Å²) in [6, 6.07) is 4.23. The maximum atomic E-state index is 12.2. The highest BCUT2D eigenvalue weighted by Gasteiger charge is 2.47. The molecule has 0 saturated heterocycles. The number of aromatic nitrogens is 5. The van der Waals surface area contributed by atoms with E-state index in [0.29, 0.717) is 28.2 Å². The zero-order valence-corrected chi connectivity index (χ0v) is 19.6. The van der Waals surface area contributed by atoms with Gasteiger partial charge in [-0.15, -0.1) is 0 Å². The summed E-state index contributed by atoms with van der Waals surface area (Å²) in [6.07, 6.45) is 6.85. The highest BCUT2D eigenvalue weighted by molar-refractivity contribution is 6.29. The van der Waals surface area contributed by atoms with E-state index < -0.39 is 17.9 Å². The average Bonchev–Trinajstić information content (AvgIpc) is 3.52. The highest BCUT2D eigenvalue weighted by atomic mass is 35.5. The molecule has 4 aromatic rings. The van der Waals surface area contributed by atoms with Gasteiger partial charge in [0.15, 0.2) is 17.2 Å². The number of fused-ring (bicyclic) bond motifs is 4. The van der Waals surface area contributed by atoms with E-state index in [1.54, 1.807) is 12.3 Å². The Morgan fingerprint density at radius 1 is 1.08 bits per heavy atom. The number of carboxylic acids is 2. The van der Waals surface area contributed by atoms with Crippen LogP contribution in [0.5, 0.6) is 0 Å². The summed E-state index contributed by atoms with van der Waals surface area (Å²) in [5, 5.41) is 22.8. The predicted molar refractivity (Wildman–Crippen MR) is 129 cm³/mol. The Balaban J connectivity index is 1.46. The molecule has 12 heteroatoms. The molecule has 2 bridgehead atoms. The number of carbonyl (C=O) groups is 2. The van der Waals surface area contributed by atoms with E-state index in [-0.39, 0.29) is 40.4 Å². The van der Waals surface area contributed by atoms with Crippen LogP contribution in [0.25, 0.3) is 34.0 Å². The first-order chi connectivity index (χ1) is 17.4. The maximum absolute atomic E-state index is 12.2. The van der Waals surface area contributed by atoms with Crippen LogP contribution in [0, 0.1) is 17.8 Å². The van der Waals surface area contributed by atoms with Crippen molar-refractivity contribution < 1.29 is 24.2 Å². The van der Waals surface area contributed by atoms with Crippen LogP contribution in [0.4, 0.5) is 5.82 Å². The number of rotatable bonds is 6. The molecule has 0 spiro atoms. The molecule has 184 valence electrons. The van der Waals surface area contributed by atoms with Gasteiger partial charge in [-0.2, -0.15) is 0 Å². The van der Waals surface area contributed by atoms with Crippen LogP contribution in [0.2, 0.25) is 5.15 Å². The summed E-state index contributed by atoms with van der Waals surface area (Å²) in [7, 11) is 0. The van der Waals surface area contributed by atoms with Crippen molar-refractivity contribution in [1.29, 1.82) is 0 Å². The van der Waals surface area contributed by atoms with Gasteiger partial charge in [0.2, 0.25) is 5.76 Å². The molecule has 3 fully saturated rings. The molecule has 4 N–H and O–H groups in total. The first-order valence-corrected chi connectivity index (χ1v) is 12.0. The van der Waals surface area contributed by atoms with Gasteiger partial charge in [0.1, 0.15) is 22.2 Å². The van der Waals surface area contributed by atoms with E-state index in [1.165, 1.54) is 18.3 Å². The van der Waals surface area contributed by atoms with Gasteiger partial charge in [-0.25, -0.2) is 24.7 Å². The van der Waals surface area contributed by atoms with Gasteiger partial charge in [0.25, 0.3) is 0 Å². The predicted octanol–water partition coefficient (Wildman–Crippen LogP) is 4.33. The van der Waals surface area contributed by atoms with Crippen molar-refractivity contribution in [2.24, 2.45) is 17.8 Å². The van der Waals surface area contributed by atoms with Crippen LogP contribution in [0.1, 0.15) is 36.2 Å². The number of hydrogen-bond acceptors (Lipinski definition) is 8. The molecule has 3 aliphatic carbocycles. The molecule has 3 saturated carbocycles. The fourth-order valence-electron chi connectivity index (χ4n) is 5.58. The molecular formula is C24H21ClN6O5. The van der Waals surface area contributed by atoms with E-state index in [9.17, 15) is 19.8 Å². The monoisotopic (exact) mass is 508 g/mol. The van der Waals surface area contributed by atoms with Crippen molar-refractivity contribution in [3.8, 4) is 22.8 Å². The Morgan fingerprint density at radius 3 is 2.58 bits per heavy atom. The van der Waals surface area contributed by atoms with Crippen LogP contribution in [-0.4, -0.2) is 53.1 Å². The minimum absolute atomic E-state index is 0.125. The smallest absolute Gasteiger partial charge is 0.371 e. The van der Waals surface area contributed by atoms with Gasteiger partial charge < -0.3 is 24.9 Å². The van der Waals surface area contributed by atoms with Crippen molar-refractivity contribution in [2.45, 2.75) is 31.7 Å². The third-order valence-corrected chi connectivity index (χ3v) is 7.39. The largest absolute Gasteiger partial charge is 0.481 e. The fraction of sp³-hybridized carbons (Fsp3) is 0.333. The molecule has 4 heterocycles. The fourth-order valence-corrected chi connectivity index (χ4v) is 5.72. The van der Waals surface area contributed by atoms with Gasteiger partial charge in [0.05, 0.1) is 17.7 Å². The van der Waals surface area contributed by atoms with Crippen LogP contribution < -0.4 is 5.32 Å². The number of nitrogens with one attached hydrogen (secondary N) is 2. The van der Waals surface area contributed by atoms with E-state index in [1.807, 2.05) is 0 Å². The molecule has 0 unspecified atom stereocenters. The Morgan fingerprint density at radius 2 is 1.86 bits per heavy atom. The summed E-state index contributed by atoms with van der Waals surface area (Å²) in [5.41, 5.74) is 1.85. The Kier molecular flexibility index (Phi) is 5.36. The van der Waals surface area contributed by atoms with Crippen molar-refractivity contribution in [1.82, 2.24) is 24.9 Å². The average molecular weight is 509 g/mol. The molecule has 0 aromatic carbocycles. The number of aliphatic carboxylic acids is 1. The molecule has 7 rings (SSSR count). The number of hydrogen-bond donors (Lipinski definition) is 4. The second-order valence-electron chi connectivity index (χ2n) is 9.23. The van der Waals surface area contributed by atoms with Crippen LogP contribution in [-0.2, 0) is 4.79 Å². The van der Waals surface area contributed by atoms with E-state index in [4.69, 9.17) is 21.0 Å². The topological polar surface area (TPSA) is 167 Å². The first-order valence-electron chi connectivity index (χ1n) is 11.6. The zero-order valence-electron chi connectivity index (χ0n) is 18.8. The molecule has 36 heavy (non-hydrogen) atoms. The lowest BCUT2D eigenvalue weighted by Crippen LogP contribution is -2.51. The number of carboxylic acid groups (broad SMARTS) is 2. The second-order valence-corrected chi connectivity index (χ2v) is 9.62. The highest BCUT2D eigenvalue weighted by Crippen LogP contribution is 2.46. The van der Waals surface area contributed by atoms with Gasteiger partial charge >= 0.3 is 11.9 Å². The number of aromatic carboxylic acids is 1. The number of furan rings is 1. The molecule has 0 radical (unpaired) electrons. The van der Waals surface area contributed by atoms with Crippen LogP contribution >= 0.6 is 11.6 Å². The summed E-state index contributed by atoms with van der Waals surface area (Å²) >= 11 is 6.07. The molecule has 11 nitrogen and oxygen atoms in total. The van der Waals surface area contributed by atoms with Gasteiger partial charge in [-0.3, -0.25) is 4.79 Å². The normalized spacial score (nSPS) is 23.1. The SMILES string of the molecule is O=C(O)c1ccc(-c2cc(N[C@H]3C4CCC(CC4)[C@@H]3C(=O)O)nc(-c3c[nH]c4ncc(Cl)nc34)n2)o1. The third kappa shape index (κ3) is 3.85. The quantitative estimate of drug-likeness (QED) is 0.294. The van der Waals surface area contributed by atoms with Gasteiger partial charge in [-0.1, -0.05) is 11.6 Å². The minimum Gasteiger partial charge on any atom is -0.481 e. The lowest BCUT2D eigenvalue weighted by Gasteiger charge is -2.47. The van der Waals surface area contributed by atoms with Crippen LogP contribution in [0.3, 0.4) is 0 Å². The van der Waals surface area contributed by atoms with Gasteiger partial charge in [-0.05, 0) is 49.7 Å². The van der Waals surface area contributed by atoms with Crippen molar-refractivity contribution in [3.05, 3.63) is 41.5 Å². The molecule has 0 aliphatic heterocycles. The van der Waals surface area contributed by atoms with E-state index in [2.05, 4.69) is 25.3 Å². The molecular weight excluding hydrogens is 488 g/mol. The molecule has 0 amide bonds. The van der Waals surface area contributed by atoms with E-state index in [0.717, 1.165) is 25.7 Å².